The van der Waals surface area contributed by atoms with Gasteiger partial charge in [0, 0.05) is 64.9 Å². The van der Waals surface area contributed by atoms with Gasteiger partial charge in [-0.2, -0.15) is 0 Å². The van der Waals surface area contributed by atoms with Crippen LogP contribution in [0.1, 0.15) is 0 Å². The summed E-state index contributed by atoms with van der Waals surface area (Å²) in [7, 11) is 0. The molecule has 8 nitrogen and oxygen atoms in total. The molecule has 0 saturated carbocycles. The molecule has 8 bridgehead atoms. The molecule has 0 fully saturated rings. The summed E-state index contributed by atoms with van der Waals surface area (Å²) in [4.78, 5) is 36.8. The van der Waals surface area contributed by atoms with Crippen LogP contribution in [0.2, 0.25) is 0 Å². The minimum absolute atomic E-state index is 0. The van der Waals surface area contributed by atoms with Crippen molar-refractivity contribution in [3.8, 4) is 45.6 Å². The number of aromatic amines is 2. The van der Waals surface area contributed by atoms with Gasteiger partial charge in [0.15, 0.2) is 23.3 Å². The quantitative estimate of drug-likeness (QED) is 0.182. The maximum absolute atomic E-state index is 5.02. The van der Waals surface area contributed by atoms with E-state index < -0.39 is 0 Å². The largest absolute Gasteiger partial charge is 0.324 e. The smallest absolute Gasteiger partial charge is 0.164 e. The number of fused-ring (bicyclic) bond motifs is 20. The second kappa shape index (κ2) is 8.98. The first kappa shape index (κ1) is 23.8. The van der Waals surface area contributed by atoms with E-state index in [2.05, 4.69) is 9.97 Å². The van der Waals surface area contributed by atoms with E-state index in [9.17, 15) is 0 Å². The van der Waals surface area contributed by atoms with Gasteiger partial charge in [0.05, 0.1) is 0 Å². The monoisotopic (exact) mass is 612 g/mol. The van der Waals surface area contributed by atoms with E-state index in [0.717, 1.165) is 43.8 Å². The van der Waals surface area contributed by atoms with Crippen LogP contribution in [0.25, 0.3) is 89.7 Å². The topological polar surface area (TPSA) is 109 Å². The average molecular weight is 610 g/mol. The zero-order chi connectivity index (χ0) is 26.2. The van der Waals surface area contributed by atoms with Gasteiger partial charge < -0.3 is 9.97 Å². The van der Waals surface area contributed by atoms with E-state index in [4.69, 9.17) is 29.9 Å². The Bertz CT molecular complexity index is 2030. The minimum atomic E-state index is 0. The Morgan fingerprint density at radius 3 is 0.829 bits per heavy atom. The van der Waals surface area contributed by atoms with E-state index >= 15 is 0 Å². The molecule has 9 heteroatoms. The van der Waals surface area contributed by atoms with Gasteiger partial charge in [0.1, 0.15) is 22.6 Å². The number of hydrogen-bond donors (Lipinski definition) is 2. The molecular formula is C32H18MoN8. The zero-order valence-corrected chi connectivity index (χ0v) is 23.3. The summed E-state index contributed by atoms with van der Waals surface area (Å²) in [5.74, 6) is 2.39. The maximum Gasteiger partial charge on any atom is 0.164 e. The number of nitrogens with zero attached hydrogens (tertiary/aromatic N) is 6. The van der Waals surface area contributed by atoms with Gasteiger partial charge in [0.25, 0.3) is 0 Å². The molecule has 7 aromatic rings. The maximum atomic E-state index is 5.02. The van der Waals surface area contributed by atoms with Crippen LogP contribution in [0.5, 0.6) is 0 Å². The van der Waals surface area contributed by atoms with Gasteiger partial charge >= 0.3 is 0 Å². The van der Waals surface area contributed by atoms with E-state index in [1.165, 1.54) is 0 Å². The molecule has 2 N–H and O–H groups in total. The first-order valence-corrected chi connectivity index (χ1v) is 13.0. The molecule has 0 aliphatic carbocycles. The number of H-pyrrole nitrogens is 2. The van der Waals surface area contributed by atoms with E-state index in [1.54, 1.807) is 0 Å². The molecule has 0 saturated heterocycles. The van der Waals surface area contributed by atoms with Crippen molar-refractivity contribution in [1.82, 2.24) is 39.9 Å². The predicted molar refractivity (Wildman–Crippen MR) is 156 cm³/mol. The normalized spacial score (nSPS) is 11.7. The summed E-state index contributed by atoms with van der Waals surface area (Å²) >= 11 is 0. The number of hydrogen-bond acceptors (Lipinski definition) is 6. The predicted octanol–water partition coefficient (Wildman–Crippen LogP) is 6.87. The van der Waals surface area contributed by atoms with E-state index in [0.29, 0.717) is 45.9 Å². The summed E-state index contributed by atoms with van der Waals surface area (Å²) in [5.41, 5.74) is 6.45. The van der Waals surface area contributed by atoms with Crippen LogP contribution in [0, 0.1) is 0 Å². The molecule has 2 aliphatic rings. The molecule has 4 aromatic carbocycles. The van der Waals surface area contributed by atoms with Crippen LogP contribution in [0.4, 0.5) is 0 Å². The van der Waals surface area contributed by atoms with Gasteiger partial charge in [-0.3, -0.25) is 0 Å². The number of benzene rings is 4. The van der Waals surface area contributed by atoms with E-state index in [1.807, 2.05) is 97.1 Å². The molecule has 3 aromatic heterocycles. The Balaban J connectivity index is 0.00000256. The van der Waals surface area contributed by atoms with Crippen molar-refractivity contribution >= 4 is 44.1 Å². The van der Waals surface area contributed by atoms with Crippen molar-refractivity contribution in [2.24, 2.45) is 0 Å². The fourth-order valence-corrected chi connectivity index (χ4v) is 5.59. The first-order valence-electron chi connectivity index (χ1n) is 13.0. The fraction of sp³-hybridized carbons (Fsp3) is 0. The second-order valence-corrected chi connectivity index (χ2v) is 9.79. The van der Waals surface area contributed by atoms with Crippen molar-refractivity contribution in [2.75, 3.05) is 0 Å². The van der Waals surface area contributed by atoms with Crippen molar-refractivity contribution in [2.45, 2.75) is 0 Å². The Morgan fingerprint density at radius 2 is 0.561 bits per heavy atom. The van der Waals surface area contributed by atoms with Crippen LogP contribution in [-0.2, 0) is 21.1 Å². The van der Waals surface area contributed by atoms with Crippen LogP contribution in [-0.4, -0.2) is 39.9 Å². The molecule has 0 radical (unpaired) electrons. The first-order chi connectivity index (χ1) is 19.8. The van der Waals surface area contributed by atoms with Gasteiger partial charge in [0.2, 0.25) is 0 Å². The third kappa shape index (κ3) is 3.57. The van der Waals surface area contributed by atoms with Gasteiger partial charge in [-0.25, -0.2) is 29.9 Å². The van der Waals surface area contributed by atoms with Crippen molar-refractivity contribution < 1.29 is 21.1 Å². The molecule has 5 heterocycles. The van der Waals surface area contributed by atoms with Crippen LogP contribution in [0.15, 0.2) is 97.1 Å². The van der Waals surface area contributed by atoms with Crippen LogP contribution < -0.4 is 0 Å². The second-order valence-electron chi connectivity index (χ2n) is 9.79. The Kier molecular flexibility index (Phi) is 5.21. The van der Waals surface area contributed by atoms with Crippen molar-refractivity contribution in [1.29, 1.82) is 0 Å². The molecular weight excluding hydrogens is 592 g/mol. The third-order valence-corrected chi connectivity index (χ3v) is 7.46. The number of rotatable bonds is 0. The standard InChI is InChI=1S/C32H18N8.Mo/c1-2-10-18-17(9-1)25-33-26(18)38-28-21-13-5-6-14-22(21)30(35-28)40-32-24-16-8-7-15-23(24)31(36-32)39-29-20-12-4-3-11-19(20)27(34-29)37-25;/h1-16H,(H2,33,34,35,36,37,38,39,40);. The Morgan fingerprint density at radius 1 is 0.317 bits per heavy atom. The summed E-state index contributed by atoms with van der Waals surface area (Å²) < 4.78 is 0. The Labute approximate surface area is 246 Å². The van der Waals surface area contributed by atoms with Crippen molar-refractivity contribution in [3.63, 3.8) is 0 Å². The van der Waals surface area contributed by atoms with Crippen LogP contribution in [0.3, 0.4) is 0 Å². The summed E-state index contributed by atoms with van der Waals surface area (Å²) in [5, 5.41) is 3.82. The van der Waals surface area contributed by atoms with Crippen LogP contribution >= 0.6 is 0 Å². The molecule has 0 spiro atoms. The molecule has 41 heavy (non-hydrogen) atoms. The van der Waals surface area contributed by atoms with Crippen molar-refractivity contribution in [3.05, 3.63) is 97.1 Å². The summed E-state index contributed by atoms with van der Waals surface area (Å²) in [6, 6.07) is 32.2. The van der Waals surface area contributed by atoms with Gasteiger partial charge in [-0.15, -0.1) is 0 Å². The zero-order valence-electron chi connectivity index (χ0n) is 21.3. The molecule has 2 aliphatic heterocycles. The molecule has 192 valence electrons. The molecule has 0 atom stereocenters. The number of aromatic nitrogens is 8. The molecule has 9 rings (SSSR count). The molecule has 0 unspecified atom stereocenters. The third-order valence-electron chi connectivity index (χ3n) is 7.46. The summed E-state index contributed by atoms with van der Waals surface area (Å²) in [6.07, 6.45) is 0. The average Bonchev–Trinajstić information content (AvgIpc) is 3.73. The molecule has 0 amide bonds. The van der Waals surface area contributed by atoms with Gasteiger partial charge in [-0.1, -0.05) is 97.1 Å². The number of nitrogens with one attached hydrogen (secondary N) is 2. The summed E-state index contributed by atoms with van der Waals surface area (Å²) in [6.45, 7) is 0. The fourth-order valence-electron chi connectivity index (χ4n) is 5.59. The Hall–Kier alpha value is -5.07. The minimum Gasteiger partial charge on any atom is -0.324 e. The van der Waals surface area contributed by atoms with E-state index in [-0.39, 0.29) is 21.1 Å². The van der Waals surface area contributed by atoms with Gasteiger partial charge in [-0.05, 0) is 0 Å². The SMILES string of the molecule is [Mo].c1ccc2c(c1)-c1nc-2nc2[nH]c(nc3nc(nc4[nH]c(n1)c1ccccc41)-c1ccccc1-3)c1ccccc21.